The summed E-state index contributed by atoms with van der Waals surface area (Å²) in [6, 6.07) is 6.98. The molecule has 0 aliphatic heterocycles. The zero-order valence-corrected chi connectivity index (χ0v) is 15.9. The first-order valence-corrected chi connectivity index (χ1v) is 9.84. The normalized spacial score (nSPS) is 10.6. The maximum atomic E-state index is 12.0. The van der Waals surface area contributed by atoms with Gasteiger partial charge in [-0.1, -0.05) is 35.0 Å². The summed E-state index contributed by atoms with van der Waals surface area (Å²) in [4.78, 5) is 24.6. The first-order chi connectivity index (χ1) is 12.1. The number of amides is 1. The number of hydrogen-bond acceptors (Lipinski definition) is 6. The summed E-state index contributed by atoms with van der Waals surface area (Å²) in [5, 5.41) is 6.92. The Bertz CT molecular complexity index is 874. The van der Waals surface area contributed by atoms with Crippen molar-refractivity contribution in [2.45, 2.75) is 11.6 Å². The molecule has 3 rings (SSSR count). The van der Waals surface area contributed by atoms with Crippen LogP contribution in [0.15, 0.2) is 47.2 Å². The summed E-state index contributed by atoms with van der Waals surface area (Å²) >= 11 is 14.9. The fraction of sp³-hybridized carbons (Fsp3) is 0.125. The van der Waals surface area contributed by atoms with Crippen molar-refractivity contribution in [1.82, 2.24) is 15.0 Å². The van der Waals surface area contributed by atoms with E-state index in [0.29, 0.717) is 38.2 Å². The number of aromatic nitrogens is 3. The molecule has 1 aromatic carbocycles. The summed E-state index contributed by atoms with van der Waals surface area (Å²) < 4.78 is 0. The molecule has 0 unspecified atom stereocenters. The van der Waals surface area contributed by atoms with Gasteiger partial charge in [0.15, 0.2) is 10.3 Å². The molecule has 9 heteroatoms. The van der Waals surface area contributed by atoms with Crippen LogP contribution in [0.2, 0.25) is 10.0 Å². The number of halogens is 2. The van der Waals surface area contributed by atoms with Crippen LogP contribution in [0.5, 0.6) is 0 Å². The first-order valence-electron chi connectivity index (χ1n) is 7.22. The molecule has 1 N–H and O–H groups in total. The van der Waals surface area contributed by atoms with E-state index < -0.39 is 0 Å². The summed E-state index contributed by atoms with van der Waals surface area (Å²) in [6.45, 7) is 0. The number of hydrogen-bond donors (Lipinski definition) is 1. The first kappa shape index (κ1) is 18.1. The van der Waals surface area contributed by atoms with Crippen LogP contribution in [0, 0.1) is 0 Å². The monoisotopic (exact) mass is 410 g/mol. The number of anilines is 1. The Hall–Kier alpha value is -1.67. The Morgan fingerprint density at radius 2 is 2.04 bits per heavy atom. The highest BCUT2D eigenvalue weighted by Crippen LogP contribution is 2.32. The van der Waals surface area contributed by atoms with Crippen LogP contribution in [-0.4, -0.2) is 26.6 Å². The Kier molecular flexibility index (Phi) is 6.25. The minimum absolute atomic E-state index is 0.105. The summed E-state index contributed by atoms with van der Waals surface area (Å²) in [7, 11) is 0. The van der Waals surface area contributed by atoms with Gasteiger partial charge >= 0.3 is 0 Å². The maximum absolute atomic E-state index is 12.0. The van der Waals surface area contributed by atoms with E-state index >= 15 is 0 Å². The number of nitrogens with one attached hydrogen (secondary N) is 1. The standard InChI is InChI=1S/C16H12Cl2N4OS2/c17-10-2-3-11(12(18)8-10)13-9-25-16(21-13)22-14(23)4-7-24-15-19-5-1-6-20-15/h1-3,5-6,8-9H,4,7H2,(H,21,22,23). The van der Waals surface area contributed by atoms with Crippen molar-refractivity contribution in [2.75, 3.05) is 11.1 Å². The van der Waals surface area contributed by atoms with Crippen LogP contribution in [0.25, 0.3) is 11.3 Å². The Balaban J connectivity index is 1.55. The number of benzene rings is 1. The molecule has 2 aromatic heterocycles. The second-order valence-corrected chi connectivity index (χ2v) is 7.60. The van der Waals surface area contributed by atoms with Gasteiger partial charge < -0.3 is 5.32 Å². The third-order valence-corrected chi connectivity index (χ3v) is 5.24. The Labute approximate surface area is 162 Å². The van der Waals surface area contributed by atoms with Gasteiger partial charge in [-0.2, -0.15) is 0 Å². The number of thiazole rings is 1. The lowest BCUT2D eigenvalue weighted by Crippen LogP contribution is -2.12. The van der Waals surface area contributed by atoms with Crippen LogP contribution in [0.3, 0.4) is 0 Å². The molecule has 0 radical (unpaired) electrons. The predicted octanol–water partition coefficient (Wildman–Crippen LogP) is 5.03. The number of carbonyl (C=O) groups excluding carboxylic acids is 1. The summed E-state index contributed by atoms with van der Waals surface area (Å²) in [6.07, 6.45) is 3.70. The van der Waals surface area contributed by atoms with E-state index in [9.17, 15) is 4.79 Å². The van der Waals surface area contributed by atoms with Gasteiger partial charge in [-0.25, -0.2) is 15.0 Å². The quantitative estimate of drug-likeness (QED) is 0.455. The van der Waals surface area contributed by atoms with E-state index in [-0.39, 0.29) is 5.91 Å². The molecule has 0 spiro atoms. The molecule has 0 saturated heterocycles. The molecule has 0 aliphatic rings. The van der Waals surface area contributed by atoms with Crippen molar-refractivity contribution in [3.05, 3.63) is 52.1 Å². The highest BCUT2D eigenvalue weighted by molar-refractivity contribution is 7.99. The van der Waals surface area contributed by atoms with Gasteiger partial charge in [-0.15, -0.1) is 11.3 Å². The number of carbonyl (C=O) groups is 1. The third kappa shape index (κ3) is 5.15. The van der Waals surface area contributed by atoms with Gasteiger partial charge in [0.1, 0.15) is 0 Å². The minimum atomic E-state index is -0.105. The Morgan fingerprint density at radius 1 is 1.24 bits per heavy atom. The molecule has 1 amide bonds. The fourth-order valence-electron chi connectivity index (χ4n) is 1.93. The van der Waals surface area contributed by atoms with Gasteiger partial charge in [0.2, 0.25) is 5.91 Å². The van der Waals surface area contributed by atoms with Crippen LogP contribution in [0.1, 0.15) is 6.42 Å². The second kappa shape index (κ2) is 8.62. The molecule has 0 fully saturated rings. The topological polar surface area (TPSA) is 67.8 Å². The second-order valence-electron chi connectivity index (χ2n) is 4.84. The molecule has 3 aromatic rings. The zero-order valence-electron chi connectivity index (χ0n) is 12.8. The van der Waals surface area contributed by atoms with Crippen LogP contribution < -0.4 is 5.32 Å². The van der Waals surface area contributed by atoms with Crippen LogP contribution >= 0.6 is 46.3 Å². The van der Waals surface area contributed by atoms with E-state index in [2.05, 4.69) is 20.3 Å². The van der Waals surface area contributed by atoms with E-state index in [0.717, 1.165) is 5.56 Å². The third-order valence-electron chi connectivity index (χ3n) is 3.06. The average molecular weight is 411 g/mol. The smallest absolute Gasteiger partial charge is 0.226 e. The van der Waals surface area contributed by atoms with Crippen LogP contribution in [-0.2, 0) is 4.79 Å². The van der Waals surface area contributed by atoms with E-state index in [4.69, 9.17) is 23.2 Å². The van der Waals surface area contributed by atoms with Gasteiger partial charge in [0.25, 0.3) is 0 Å². The number of rotatable bonds is 6. The van der Waals surface area contributed by atoms with E-state index in [1.54, 1.807) is 30.6 Å². The lowest BCUT2D eigenvalue weighted by molar-refractivity contribution is -0.115. The number of thioether (sulfide) groups is 1. The molecule has 5 nitrogen and oxygen atoms in total. The molecule has 0 aliphatic carbocycles. The highest BCUT2D eigenvalue weighted by atomic mass is 35.5. The maximum Gasteiger partial charge on any atom is 0.226 e. The largest absolute Gasteiger partial charge is 0.302 e. The molecule has 0 atom stereocenters. The van der Waals surface area contributed by atoms with Crippen molar-refractivity contribution in [3.8, 4) is 11.3 Å². The van der Waals surface area contributed by atoms with Gasteiger partial charge in [-0.3, -0.25) is 4.79 Å². The fourth-order valence-corrected chi connectivity index (χ4v) is 3.90. The molecule has 25 heavy (non-hydrogen) atoms. The lowest BCUT2D eigenvalue weighted by Gasteiger charge is -2.02. The van der Waals surface area contributed by atoms with E-state index in [1.807, 2.05) is 11.4 Å². The molecule has 0 bridgehead atoms. The van der Waals surface area contributed by atoms with Crippen molar-refractivity contribution in [3.63, 3.8) is 0 Å². The van der Waals surface area contributed by atoms with Crippen molar-refractivity contribution >= 4 is 57.3 Å². The van der Waals surface area contributed by atoms with Gasteiger partial charge in [0, 0.05) is 40.5 Å². The molecular formula is C16H12Cl2N4OS2. The van der Waals surface area contributed by atoms with Crippen molar-refractivity contribution in [2.24, 2.45) is 0 Å². The van der Waals surface area contributed by atoms with Crippen molar-refractivity contribution < 1.29 is 4.79 Å². The predicted molar refractivity (Wildman–Crippen MR) is 104 cm³/mol. The molecule has 2 heterocycles. The lowest BCUT2D eigenvalue weighted by atomic mass is 10.2. The average Bonchev–Trinajstić information content (AvgIpc) is 3.04. The molecule has 128 valence electrons. The summed E-state index contributed by atoms with van der Waals surface area (Å²) in [5.41, 5.74) is 1.48. The van der Waals surface area contributed by atoms with E-state index in [1.165, 1.54) is 23.1 Å². The zero-order chi connectivity index (χ0) is 17.6. The molecule has 0 saturated carbocycles. The number of nitrogens with zero attached hydrogens (tertiary/aromatic N) is 3. The highest BCUT2D eigenvalue weighted by Gasteiger charge is 2.11. The Morgan fingerprint density at radius 3 is 2.80 bits per heavy atom. The minimum Gasteiger partial charge on any atom is -0.302 e. The summed E-state index contributed by atoms with van der Waals surface area (Å²) in [5.74, 6) is 0.489. The molecular weight excluding hydrogens is 399 g/mol. The van der Waals surface area contributed by atoms with Crippen LogP contribution in [0.4, 0.5) is 5.13 Å². The van der Waals surface area contributed by atoms with Gasteiger partial charge in [-0.05, 0) is 24.3 Å². The van der Waals surface area contributed by atoms with Gasteiger partial charge in [0.05, 0.1) is 10.7 Å². The van der Waals surface area contributed by atoms with Crippen molar-refractivity contribution in [1.29, 1.82) is 0 Å². The SMILES string of the molecule is O=C(CCSc1ncccn1)Nc1nc(-c2ccc(Cl)cc2Cl)cs1.